The Morgan fingerprint density at radius 2 is 1.70 bits per heavy atom. The summed E-state index contributed by atoms with van der Waals surface area (Å²) >= 11 is 10.8. The second-order valence-corrected chi connectivity index (χ2v) is 5.57. The van der Waals surface area contributed by atoms with Gasteiger partial charge in [0.05, 0.1) is 22.0 Å². The zero-order valence-electron chi connectivity index (χ0n) is 11.8. The number of benzene rings is 2. The van der Waals surface area contributed by atoms with Crippen LogP contribution < -0.4 is 10.6 Å². The molecule has 0 saturated heterocycles. The summed E-state index contributed by atoms with van der Waals surface area (Å²) in [6.07, 6.45) is -4.50. The van der Waals surface area contributed by atoms with Crippen LogP contribution in [0.5, 0.6) is 0 Å². The van der Waals surface area contributed by atoms with Crippen LogP contribution in [-0.4, -0.2) is 5.11 Å². The second kappa shape index (κ2) is 6.72. The summed E-state index contributed by atoms with van der Waals surface area (Å²) in [7, 11) is 0. The van der Waals surface area contributed by atoms with Gasteiger partial charge in [-0.25, -0.2) is 4.39 Å². The van der Waals surface area contributed by atoms with E-state index in [4.69, 9.17) is 23.8 Å². The van der Waals surface area contributed by atoms with Crippen molar-refractivity contribution >= 4 is 40.3 Å². The number of rotatable bonds is 2. The Hall–Kier alpha value is -1.86. The van der Waals surface area contributed by atoms with E-state index in [0.717, 1.165) is 23.8 Å². The third kappa shape index (κ3) is 4.56. The summed E-state index contributed by atoms with van der Waals surface area (Å²) in [6.45, 7) is 1.77. The minimum atomic E-state index is -4.50. The van der Waals surface area contributed by atoms with Crippen molar-refractivity contribution in [2.45, 2.75) is 13.1 Å². The first-order valence-corrected chi connectivity index (χ1v) is 7.16. The maximum atomic E-state index is 13.6. The van der Waals surface area contributed by atoms with Gasteiger partial charge in [-0.3, -0.25) is 0 Å². The highest BCUT2D eigenvalue weighted by atomic mass is 35.5. The third-order valence-corrected chi connectivity index (χ3v) is 3.45. The van der Waals surface area contributed by atoms with E-state index < -0.39 is 17.6 Å². The number of nitrogens with one attached hydrogen (secondary N) is 2. The molecule has 0 atom stereocenters. The van der Waals surface area contributed by atoms with Crippen LogP contribution in [0.1, 0.15) is 11.1 Å². The van der Waals surface area contributed by atoms with Crippen LogP contribution in [0.4, 0.5) is 28.9 Å². The normalized spacial score (nSPS) is 11.2. The monoisotopic (exact) mass is 362 g/mol. The Kier molecular flexibility index (Phi) is 5.11. The number of hydrogen-bond acceptors (Lipinski definition) is 1. The Balaban J connectivity index is 2.18. The number of hydrogen-bond donors (Lipinski definition) is 2. The molecular formula is C15H11ClF4N2S. The van der Waals surface area contributed by atoms with Crippen molar-refractivity contribution in [3.63, 3.8) is 0 Å². The zero-order chi connectivity index (χ0) is 17.2. The van der Waals surface area contributed by atoms with Gasteiger partial charge in [0.2, 0.25) is 0 Å². The van der Waals surface area contributed by atoms with Crippen molar-refractivity contribution in [1.29, 1.82) is 0 Å². The van der Waals surface area contributed by atoms with Crippen LogP contribution in [-0.2, 0) is 6.18 Å². The number of aryl methyl sites for hydroxylation is 1. The predicted molar refractivity (Wildman–Crippen MR) is 87.4 cm³/mol. The van der Waals surface area contributed by atoms with Crippen molar-refractivity contribution in [2.75, 3.05) is 10.6 Å². The molecule has 0 heterocycles. The molecule has 2 N–H and O–H groups in total. The molecule has 0 amide bonds. The lowest BCUT2D eigenvalue weighted by atomic mass is 10.2. The van der Waals surface area contributed by atoms with Gasteiger partial charge < -0.3 is 10.6 Å². The summed E-state index contributed by atoms with van der Waals surface area (Å²) in [5.74, 6) is -0.533. The Morgan fingerprint density at radius 3 is 2.35 bits per heavy atom. The van der Waals surface area contributed by atoms with Gasteiger partial charge in [-0.2, -0.15) is 13.2 Å². The molecule has 0 radical (unpaired) electrons. The van der Waals surface area contributed by atoms with Gasteiger partial charge in [0.25, 0.3) is 0 Å². The van der Waals surface area contributed by atoms with E-state index in [9.17, 15) is 17.6 Å². The molecule has 0 saturated carbocycles. The molecule has 2 rings (SSSR count). The van der Waals surface area contributed by atoms with Crippen molar-refractivity contribution in [2.24, 2.45) is 0 Å². The number of alkyl halides is 3. The lowest BCUT2D eigenvalue weighted by Crippen LogP contribution is -2.20. The van der Waals surface area contributed by atoms with E-state index in [-0.39, 0.29) is 21.5 Å². The van der Waals surface area contributed by atoms with Gasteiger partial charge in [-0.05, 0) is 55.0 Å². The van der Waals surface area contributed by atoms with E-state index in [0.29, 0.717) is 0 Å². The van der Waals surface area contributed by atoms with Gasteiger partial charge >= 0.3 is 6.18 Å². The average Bonchev–Trinajstić information content (AvgIpc) is 2.44. The van der Waals surface area contributed by atoms with Gasteiger partial charge in [0, 0.05) is 0 Å². The lowest BCUT2D eigenvalue weighted by Gasteiger charge is -2.14. The van der Waals surface area contributed by atoms with Gasteiger partial charge in [0.15, 0.2) is 5.11 Å². The number of halogens is 5. The molecule has 0 aliphatic heterocycles. The van der Waals surface area contributed by atoms with Crippen LogP contribution in [0.2, 0.25) is 5.02 Å². The Labute approximate surface area is 140 Å². The largest absolute Gasteiger partial charge is 0.416 e. The van der Waals surface area contributed by atoms with Crippen LogP contribution in [0.3, 0.4) is 0 Å². The average molecular weight is 363 g/mol. The Morgan fingerprint density at radius 1 is 1.04 bits per heavy atom. The molecule has 0 unspecified atom stereocenters. The minimum Gasteiger partial charge on any atom is -0.331 e. The van der Waals surface area contributed by atoms with Crippen LogP contribution in [0.15, 0.2) is 36.4 Å². The SMILES string of the molecule is Cc1ccc(F)c(NC(=S)Nc2cc(C(F)(F)F)ccc2Cl)c1. The molecule has 0 fully saturated rings. The fourth-order valence-electron chi connectivity index (χ4n) is 1.81. The maximum Gasteiger partial charge on any atom is 0.416 e. The molecule has 0 aromatic heterocycles. The van der Waals surface area contributed by atoms with E-state index >= 15 is 0 Å². The fourth-order valence-corrected chi connectivity index (χ4v) is 2.19. The summed E-state index contributed by atoms with van der Waals surface area (Å²) < 4.78 is 51.8. The smallest absolute Gasteiger partial charge is 0.331 e. The molecule has 23 heavy (non-hydrogen) atoms. The number of thiocarbonyl (C=S) groups is 1. The topological polar surface area (TPSA) is 24.1 Å². The van der Waals surface area contributed by atoms with Gasteiger partial charge in [-0.15, -0.1) is 0 Å². The molecule has 2 aromatic carbocycles. The number of anilines is 2. The van der Waals surface area contributed by atoms with Crippen molar-refractivity contribution in [3.05, 3.63) is 58.4 Å². The predicted octanol–water partition coefficient (Wildman–Crippen LogP) is 5.62. The summed E-state index contributed by atoms with van der Waals surface area (Å²) in [5.41, 5.74) is 0.0281. The molecular weight excluding hydrogens is 352 g/mol. The van der Waals surface area contributed by atoms with Gasteiger partial charge in [-0.1, -0.05) is 17.7 Å². The van der Waals surface area contributed by atoms with Crippen LogP contribution in [0, 0.1) is 12.7 Å². The lowest BCUT2D eigenvalue weighted by molar-refractivity contribution is -0.137. The van der Waals surface area contributed by atoms with E-state index in [1.54, 1.807) is 13.0 Å². The molecule has 0 aliphatic carbocycles. The Bertz CT molecular complexity index is 747. The quantitative estimate of drug-likeness (QED) is 0.536. The van der Waals surface area contributed by atoms with Crippen LogP contribution >= 0.6 is 23.8 Å². The summed E-state index contributed by atoms with van der Waals surface area (Å²) in [4.78, 5) is 0. The highest BCUT2D eigenvalue weighted by Gasteiger charge is 2.31. The molecule has 0 aliphatic rings. The standard InChI is InChI=1S/C15H11ClF4N2S/c1-8-2-5-11(17)13(6-8)22-14(23)21-12-7-9(15(18,19)20)3-4-10(12)16/h2-7H,1H3,(H2,21,22,23). The molecule has 8 heteroatoms. The first-order valence-electron chi connectivity index (χ1n) is 6.38. The molecule has 2 aromatic rings. The zero-order valence-corrected chi connectivity index (χ0v) is 13.3. The molecule has 122 valence electrons. The van der Waals surface area contributed by atoms with Gasteiger partial charge in [0.1, 0.15) is 5.82 Å². The van der Waals surface area contributed by atoms with E-state index in [2.05, 4.69) is 10.6 Å². The van der Waals surface area contributed by atoms with Crippen molar-refractivity contribution < 1.29 is 17.6 Å². The van der Waals surface area contributed by atoms with Crippen LogP contribution in [0.25, 0.3) is 0 Å². The first kappa shape index (κ1) is 17.5. The minimum absolute atomic E-state index is 0.0212. The van der Waals surface area contributed by atoms with Crippen molar-refractivity contribution in [3.8, 4) is 0 Å². The fraction of sp³-hybridized carbons (Fsp3) is 0.133. The first-order chi connectivity index (χ1) is 10.7. The highest BCUT2D eigenvalue weighted by molar-refractivity contribution is 7.80. The molecule has 0 spiro atoms. The van der Waals surface area contributed by atoms with Crippen molar-refractivity contribution in [1.82, 2.24) is 0 Å². The van der Waals surface area contributed by atoms with E-state index in [1.807, 2.05) is 0 Å². The molecule has 0 bridgehead atoms. The second-order valence-electron chi connectivity index (χ2n) is 4.75. The summed E-state index contributed by atoms with van der Waals surface area (Å²) in [5, 5.41) is 5.12. The third-order valence-electron chi connectivity index (χ3n) is 2.91. The molecule has 2 nitrogen and oxygen atoms in total. The highest BCUT2D eigenvalue weighted by Crippen LogP contribution is 2.33. The van der Waals surface area contributed by atoms with E-state index in [1.165, 1.54) is 12.1 Å². The maximum absolute atomic E-state index is 13.6. The summed E-state index contributed by atoms with van der Waals surface area (Å²) in [6, 6.07) is 7.19.